The Morgan fingerprint density at radius 1 is 1.33 bits per heavy atom. The Balaban J connectivity index is 2.01. The smallest absolute Gasteiger partial charge is 0.226 e. The van der Waals surface area contributed by atoms with E-state index in [-0.39, 0.29) is 0 Å². The molecule has 0 N–H and O–H groups in total. The number of allylic oxidation sites excluding steroid dienone is 1. The summed E-state index contributed by atoms with van der Waals surface area (Å²) >= 11 is 0. The molecule has 0 saturated carbocycles. The lowest BCUT2D eigenvalue weighted by molar-refractivity contribution is 0.574. The van der Waals surface area contributed by atoms with E-state index in [0.717, 1.165) is 12.0 Å². The highest BCUT2D eigenvalue weighted by Crippen LogP contribution is 2.35. The van der Waals surface area contributed by atoms with E-state index in [1.54, 1.807) is 12.5 Å². The lowest BCUT2D eigenvalue weighted by Crippen LogP contribution is -1.91. The highest BCUT2D eigenvalue weighted by molar-refractivity contribution is 5.77. The molecule has 0 aliphatic heterocycles. The molecule has 0 fully saturated rings. The third-order valence-corrected chi connectivity index (χ3v) is 3.30. The first-order chi connectivity index (χ1) is 8.74. The molecule has 0 spiro atoms. The monoisotopic (exact) mass is 239 g/mol. The molecule has 2 heteroatoms. The number of fused-ring (bicyclic) bond motifs is 1. The van der Waals surface area contributed by atoms with Crippen molar-refractivity contribution < 1.29 is 4.42 Å². The van der Waals surface area contributed by atoms with Crippen molar-refractivity contribution in [2.75, 3.05) is 0 Å². The molecule has 1 aromatic heterocycles. The molecular weight excluding hydrogens is 222 g/mol. The predicted molar refractivity (Wildman–Crippen MR) is 73.1 cm³/mol. The molecule has 1 aromatic carbocycles. The van der Waals surface area contributed by atoms with Gasteiger partial charge in [0.15, 0.2) is 0 Å². The molecule has 0 atom stereocenters. The van der Waals surface area contributed by atoms with E-state index >= 15 is 0 Å². The Bertz CT molecular complexity index is 579. The summed E-state index contributed by atoms with van der Waals surface area (Å²) in [4.78, 5) is 4.25. The summed E-state index contributed by atoms with van der Waals surface area (Å²) in [5.41, 5.74) is 5.30. The quantitative estimate of drug-likeness (QED) is 0.797. The Morgan fingerprint density at radius 2 is 2.22 bits per heavy atom. The molecule has 1 aliphatic carbocycles. The summed E-state index contributed by atoms with van der Waals surface area (Å²) in [5.74, 6) is 1.42. The fourth-order valence-corrected chi connectivity index (χ4v) is 2.64. The summed E-state index contributed by atoms with van der Waals surface area (Å²) in [5, 5.41) is 0. The van der Waals surface area contributed by atoms with Gasteiger partial charge in [-0.25, -0.2) is 4.98 Å². The zero-order valence-electron chi connectivity index (χ0n) is 10.8. The largest absolute Gasteiger partial charge is 0.445 e. The van der Waals surface area contributed by atoms with Crippen LogP contribution < -0.4 is 0 Å². The first-order valence-corrected chi connectivity index (χ1v) is 6.45. The average Bonchev–Trinajstić information content (AvgIpc) is 2.94. The van der Waals surface area contributed by atoms with Gasteiger partial charge in [-0.3, -0.25) is 0 Å². The summed E-state index contributed by atoms with van der Waals surface area (Å²) in [6.45, 7) is 4.53. The van der Waals surface area contributed by atoms with Gasteiger partial charge >= 0.3 is 0 Å². The zero-order chi connectivity index (χ0) is 12.5. The van der Waals surface area contributed by atoms with Crippen LogP contribution in [0.4, 0.5) is 0 Å². The average molecular weight is 239 g/mol. The first-order valence-electron chi connectivity index (χ1n) is 6.45. The van der Waals surface area contributed by atoms with Gasteiger partial charge in [-0.15, -0.1) is 0 Å². The molecule has 0 saturated heterocycles. The van der Waals surface area contributed by atoms with E-state index in [2.05, 4.69) is 43.1 Å². The second-order valence-corrected chi connectivity index (χ2v) is 5.29. The van der Waals surface area contributed by atoms with Crippen molar-refractivity contribution in [3.63, 3.8) is 0 Å². The number of hydrogen-bond donors (Lipinski definition) is 0. The summed E-state index contributed by atoms with van der Waals surface area (Å²) in [6.07, 6.45) is 7.88. The van der Waals surface area contributed by atoms with E-state index in [1.807, 2.05) is 0 Å². The van der Waals surface area contributed by atoms with Gasteiger partial charge in [0.2, 0.25) is 5.89 Å². The third-order valence-electron chi connectivity index (χ3n) is 3.30. The van der Waals surface area contributed by atoms with Crippen LogP contribution in [0, 0.1) is 5.92 Å². The maximum atomic E-state index is 5.42. The molecular formula is C16H17NO. The van der Waals surface area contributed by atoms with Gasteiger partial charge in [-0.05, 0) is 36.0 Å². The molecule has 0 amide bonds. The minimum absolute atomic E-state index is 0.704. The molecule has 2 aromatic rings. The highest BCUT2D eigenvalue weighted by atomic mass is 16.3. The minimum Gasteiger partial charge on any atom is -0.445 e. The Morgan fingerprint density at radius 3 is 2.94 bits per heavy atom. The molecule has 92 valence electrons. The SMILES string of the molecule is CC(C)CC1=Cc2c(cccc2-c2ncco2)C1. The molecule has 2 nitrogen and oxygen atoms in total. The fraction of sp³-hybridized carbons (Fsp3) is 0.312. The van der Waals surface area contributed by atoms with Crippen LogP contribution >= 0.6 is 0 Å². The zero-order valence-corrected chi connectivity index (χ0v) is 10.8. The van der Waals surface area contributed by atoms with Gasteiger partial charge in [0.25, 0.3) is 0 Å². The van der Waals surface area contributed by atoms with Crippen molar-refractivity contribution in [1.82, 2.24) is 4.98 Å². The van der Waals surface area contributed by atoms with Crippen LogP contribution in [0.15, 0.2) is 40.6 Å². The van der Waals surface area contributed by atoms with Crippen LogP contribution in [0.5, 0.6) is 0 Å². The maximum absolute atomic E-state index is 5.42. The molecule has 18 heavy (non-hydrogen) atoms. The van der Waals surface area contributed by atoms with Gasteiger partial charge in [-0.2, -0.15) is 0 Å². The van der Waals surface area contributed by atoms with E-state index in [0.29, 0.717) is 11.8 Å². The molecule has 3 rings (SSSR count). The molecule has 1 aliphatic rings. The number of rotatable bonds is 3. The van der Waals surface area contributed by atoms with Crippen LogP contribution in [0.3, 0.4) is 0 Å². The number of oxazole rings is 1. The van der Waals surface area contributed by atoms with Crippen molar-refractivity contribution in [3.05, 3.63) is 47.4 Å². The second kappa shape index (κ2) is 4.45. The maximum Gasteiger partial charge on any atom is 0.226 e. The van der Waals surface area contributed by atoms with Gasteiger partial charge < -0.3 is 4.42 Å². The lowest BCUT2D eigenvalue weighted by Gasteiger charge is -2.04. The standard InChI is InChI=1S/C16H17NO/c1-11(2)8-12-9-13-4-3-5-14(15(13)10-12)16-17-6-7-18-16/h3-7,10-11H,8-9H2,1-2H3. The summed E-state index contributed by atoms with van der Waals surface area (Å²) in [7, 11) is 0. The Kier molecular flexibility index (Phi) is 2.78. The summed E-state index contributed by atoms with van der Waals surface area (Å²) < 4.78 is 5.42. The number of benzene rings is 1. The van der Waals surface area contributed by atoms with Crippen molar-refractivity contribution in [3.8, 4) is 11.5 Å². The van der Waals surface area contributed by atoms with Crippen LogP contribution in [0.1, 0.15) is 31.4 Å². The van der Waals surface area contributed by atoms with Crippen LogP contribution in [-0.4, -0.2) is 4.98 Å². The molecule has 0 radical (unpaired) electrons. The summed E-state index contributed by atoms with van der Waals surface area (Å²) in [6, 6.07) is 6.37. The van der Waals surface area contributed by atoms with Gasteiger partial charge in [0.05, 0.1) is 6.20 Å². The van der Waals surface area contributed by atoms with Crippen molar-refractivity contribution in [1.29, 1.82) is 0 Å². The van der Waals surface area contributed by atoms with Crippen LogP contribution in [0.25, 0.3) is 17.5 Å². The van der Waals surface area contributed by atoms with E-state index in [9.17, 15) is 0 Å². The second-order valence-electron chi connectivity index (χ2n) is 5.29. The van der Waals surface area contributed by atoms with Crippen LogP contribution in [-0.2, 0) is 6.42 Å². The van der Waals surface area contributed by atoms with E-state index < -0.39 is 0 Å². The topological polar surface area (TPSA) is 26.0 Å². The van der Waals surface area contributed by atoms with Gasteiger partial charge in [-0.1, -0.05) is 37.6 Å². The third kappa shape index (κ3) is 1.99. The lowest BCUT2D eigenvalue weighted by atomic mass is 10.0. The highest BCUT2D eigenvalue weighted by Gasteiger charge is 2.18. The van der Waals surface area contributed by atoms with Crippen LogP contribution in [0.2, 0.25) is 0 Å². The van der Waals surface area contributed by atoms with Crippen molar-refractivity contribution in [2.45, 2.75) is 26.7 Å². The number of aromatic nitrogens is 1. The molecule has 0 bridgehead atoms. The van der Waals surface area contributed by atoms with Gasteiger partial charge in [0, 0.05) is 5.56 Å². The normalized spacial score (nSPS) is 13.8. The number of hydrogen-bond acceptors (Lipinski definition) is 2. The molecule has 0 unspecified atom stereocenters. The predicted octanol–water partition coefficient (Wildman–Crippen LogP) is 4.33. The van der Waals surface area contributed by atoms with Crippen molar-refractivity contribution >= 4 is 6.08 Å². The molecule has 1 heterocycles. The minimum atomic E-state index is 0.704. The Labute approximate surface area is 107 Å². The Hall–Kier alpha value is -1.83. The fourth-order valence-electron chi connectivity index (χ4n) is 2.64. The first kappa shape index (κ1) is 11.3. The van der Waals surface area contributed by atoms with E-state index in [4.69, 9.17) is 4.42 Å². The van der Waals surface area contributed by atoms with E-state index in [1.165, 1.54) is 23.1 Å². The van der Waals surface area contributed by atoms with Crippen molar-refractivity contribution in [2.24, 2.45) is 5.92 Å². The number of nitrogens with zero attached hydrogens (tertiary/aromatic N) is 1. The van der Waals surface area contributed by atoms with Gasteiger partial charge in [0.1, 0.15) is 6.26 Å².